The summed E-state index contributed by atoms with van der Waals surface area (Å²) < 4.78 is 8.34. The Bertz CT molecular complexity index is 8.00. The van der Waals surface area contributed by atoms with Gasteiger partial charge in [0.1, 0.15) is 0 Å². The molecule has 0 unspecified atom stereocenters. The third-order valence-corrected chi connectivity index (χ3v) is 0. The summed E-state index contributed by atoms with van der Waals surface area (Å²) in [6, 6.07) is 0. The minimum Gasteiger partial charge on any atom is -0.0149 e. The Morgan fingerprint density at radius 3 is 1.25 bits per heavy atom. The molecule has 0 radical (unpaired) electrons. The first-order valence-electron chi connectivity index (χ1n) is 0.204. The van der Waals surface area contributed by atoms with E-state index < -0.39 is 0 Å². The van der Waals surface area contributed by atoms with E-state index >= 15 is 0 Å². The summed E-state index contributed by atoms with van der Waals surface area (Å²) in [5.41, 5.74) is 0. The van der Waals surface area contributed by atoms with E-state index in [1.54, 1.807) is 0 Å². The molecule has 0 heterocycles. The van der Waals surface area contributed by atoms with E-state index in [4.69, 9.17) is 2.81 Å². The predicted molar refractivity (Wildman–Crippen MR) is 20.6 cm³/mol. The smallest absolute Gasteiger partial charge is 0.0149 e. The SMILES string of the molecule is [MgH2].[O]=[Zr].[SiH4]. The second kappa shape index (κ2) is 22.6. The van der Waals surface area contributed by atoms with E-state index in [9.17, 15) is 0 Å². The quantitative estimate of drug-likeness (QED) is 0.363. The number of rotatable bonds is 0. The van der Waals surface area contributed by atoms with Crippen LogP contribution in [0.3, 0.4) is 0 Å². The van der Waals surface area contributed by atoms with Gasteiger partial charge in [-0.2, -0.15) is 0 Å². The summed E-state index contributed by atoms with van der Waals surface area (Å²) in [5.74, 6) is 0. The van der Waals surface area contributed by atoms with Gasteiger partial charge in [0, 0.05) is 0 Å². The van der Waals surface area contributed by atoms with E-state index in [1.807, 2.05) is 0 Å². The first kappa shape index (κ1) is 17.4. The average Bonchev–Trinajstić information content (AvgIpc) is 1.00. The maximum Gasteiger partial charge on any atom is -0.0149 e. The second-order valence-electron chi connectivity index (χ2n) is 0. The van der Waals surface area contributed by atoms with Crippen molar-refractivity contribution in [1.29, 1.82) is 0 Å². The molecular weight excluding hydrogens is 160 g/mol. The van der Waals surface area contributed by atoms with Crippen LogP contribution in [0, 0.1) is 0 Å². The molecule has 1 nitrogen and oxygen atoms in total. The van der Waals surface area contributed by atoms with Crippen molar-refractivity contribution in [3.05, 3.63) is 0 Å². The fourth-order valence-electron chi connectivity index (χ4n) is 0. The third-order valence-electron chi connectivity index (χ3n) is 0. The van der Waals surface area contributed by atoms with Gasteiger partial charge in [0.05, 0.1) is 0 Å². The molecule has 0 rings (SSSR count). The van der Waals surface area contributed by atoms with E-state index in [0.29, 0.717) is 24.7 Å². The van der Waals surface area contributed by atoms with Gasteiger partial charge in [-0.15, -0.1) is 0 Å². The molecule has 4 heteroatoms. The zero-order valence-corrected chi connectivity index (χ0v) is 3.37. The Morgan fingerprint density at radius 2 is 1.25 bits per heavy atom. The fourth-order valence-corrected chi connectivity index (χ4v) is 0. The minimum atomic E-state index is 0. The average molecular weight is 166 g/mol. The molecule has 0 aromatic rings. The van der Waals surface area contributed by atoms with Crippen molar-refractivity contribution in [3.8, 4) is 0 Å². The molecule has 4 heavy (non-hydrogen) atoms. The molecule has 0 aliphatic carbocycles. The standard InChI is InChI=1S/Mg.O.H4Si.Zr.2H/h;;1H4;;;. The van der Waals surface area contributed by atoms with Crippen molar-refractivity contribution in [2.24, 2.45) is 0 Å². The normalized spacial score (nSPS) is 0.750. The van der Waals surface area contributed by atoms with Crippen LogP contribution in [0.25, 0.3) is 0 Å². The molecule has 0 spiro atoms. The molecule has 0 aliphatic heterocycles. The van der Waals surface area contributed by atoms with Gasteiger partial charge >= 0.3 is 50.6 Å². The van der Waals surface area contributed by atoms with E-state index in [-0.39, 0.29) is 34.0 Å². The molecule has 0 aromatic carbocycles. The Balaban J connectivity index is -0.00000000500. The van der Waals surface area contributed by atoms with E-state index in [1.165, 1.54) is 0 Å². The summed E-state index contributed by atoms with van der Waals surface area (Å²) in [7, 11) is 0. The van der Waals surface area contributed by atoms with Crippen LogP contribution in [0.15, 0.2) is 0 Å². The van der Waals surface area contributed by atoms with Crippen LogP contribution < -0.4 is 0 Å². The minimum absolute atomic E-state index is 0. The summed E-state index contributed by atoms with van der Waals surface area (Å²) in [6.07, 6.45) is 0. The van der Waals surface area contributed by atoms with Crippen LogP contribution in [0.1, 0.15) is 0 Å². The number of hydrogen-bond donors (Lipinski definition) is 0. The van der Waals surface area contributed by atoms with Crippen molar-refractivity contribution in [2.75, 3.05) is 0 Å². The molecule has 0 aliphatic rings. The zero-order chi connectivity index (χ0) is 2.00. The maximum atomic E-state index is 8.34. The molecule has 0 atom stereocenters. The molecule has 22 valence electrons. The molecule has 0 fully saturated rings. The third kappa shape index (κ3) is 9.39. The summed E-state index contributed by atoms with van der Waals surface area (Å²) in [4.78, 5) is 0. The van der Waals surface area contributed by atoms with E-state index in [2.05, 4.69) is 0 Å². The van der Waals surface area contributed by atoms with Gasteiger partial charge in [-0.05, 0) is 11.0 Å². The van der Waals surface area contributed by atoms with Crippen molar-refractivity contribution in [2.45, 2.75) is 0 Å². The van der Waals surface area contributed by atoms with Crippen LogP contribution >= 0.6 is 0 Å². The number of hydrogen-bond acceptors (Lipinski definition) is 1. The first-order valence-corrected chi connectivity index (χ1v) is 1.21. The van der Waals surface area contributed by atoms with Crippen LogP contribution in [-0.2, 0) is 27.5 Å². The predicted octanol–water partition coefficient (Wildman–Crippen LogP) is -2.49. The van der Waals surface area contributed by atoms with Gasteiger partial charge in [-0.1, -0.05) is 0 Å². The second-order valence-corrected chi connectivity index (χ2v) is 0. The Kier molecular flexibility index (Phi) is 98.0. The molecular formula is H6MgOSiZr. The van der Waals surface area contributed by atoms with Crippen molar-refractivity contribution < 1.29 is 27.5 Å². The summed E-state index contributed by atoms with van der Waals surface area (Å²) in [5, 5.41) is 0. The largest absolute Gasteiger partial charge is 0.0149 e. The van der Waals surface area contributed by atoms with Crippen molar-refractivity contribution in [3.63, 3.8) is 0 Å². The van der Waals surface area contributed by atoms with Gasteiger partial charge in [-0.3, -0.25) is 0 Å². The van der Waals surface area contributed by atoms with Crippen molar-refractivity contribution >= 4 is 34.0 Å². The summed E-state index contributed by atoms with van der Waals surface area (Å²) in [6.45, 7) is 0. The van der Waals surface area contributed by atoms with Crippen LogP contribution in [0.2, 0.25) is 0 Å². The topological polar surface area (TPSA) is 17.1 Å². The van der Waals surface area contributed by atoms with Crippen LogP contribution in [0.4, 0.5) is 0 Å². The molecule has 0 bridgehead atoms. The van der Waals surface area contributed by atoms with Crippen LogP contribution in [-0.4, -0.2) is 34.0 Å². The molecule has 0 aromatic heterocycles. The molecule has 0 saturated carbocycles. The Labute approximate surface area is 61.0 Å². The van der Waals surface area contributed by atoms with Gasteiger partial charge < -0.3 is 0 Å². The van der Waals surface area contributed by atoms with Crippen molar-refractivity contribution in [1.82, 2.24) is 0 Å². The molecule has 0 saturated heterocycles. The van der Waals surface area contributed by atoms with Gasteiger partial charge in [-0.25, -0.2) is 0 Å². The first-order chi connectivity index (χ1) is 1.00. The van der Waals surface area contributed by atoms with Gasteiger partial charge in [0.2, 0.25) is 0 Å². The summed E-state index contributed by atoms with van der Waals surface area (Å²) >= 11 is 0.300. The molecule has 0 N–H and O–H groups in total. The van der Waals surface area contributed by atoms with Gasteiger partial charge in [0.15, 0.2) is 0 Å². The Morgan fingerprint density at radius 1 is 1.25 bits per heavy atom. The fraction of sp³-hybridized carbons (Fsp3) is 0. The monoisotopic (exact) mass is 164 g/mol. The van der Waals surface area contributed by atoms with E-state index in [0.717, 1.165) is 0 Å². The maximum absolute atomic E-state index is 8.34. The molecule has 0 amide bonds. The Hall–Kier alpha value is 1.67. The van der Waals surface area contributed by atoms with Gasteiger partial charge in [0.25, 0.3) is 0 Å². The zero-order valence-electron chi connectivity index (χ0n) is 0.908. The van der Waals surface area contributed by atoms with Crippen LogP contribution in [0.5, 0.6) is 0 Å².